The fourth-order valence-corrected chi connectivity index (χ4v) is 1.76. The summed E-state index contributed by atoms with van der Waals surface area (Å²) in [4.78, 5) is 0. The fraction of sp³-hybridized carbons (Fsp3) is 0.500. The summed E-state index contributed by atoms with van der Waals surface area (Å²) in [5.41, 5.74) is 0.208. The van der Waals surface area contributed by atoms with E-state index in [1.165, 1.54) is 0 Å². The van der Waals surface area contributed by atoms with Gasteiger partial charge in [0.2, 0.25) is 0 Å². The Labute approximate surface area is 95.1 Å². The number of para-hydroxylation sites is 1. The Morgan fingerprint density at radius 2 is 2.13 bits per heavy atom. The first-order chi connectivity index (χ1) is 7.26. The molecule has 0 spiro atoms. The van der Waals surface area contributed by atoms with Crippen LogP contribution < -0.4 is 4.74 Å². The first-order valence-electron chi connectivity index (χ1n) is 5.21. The molecule has 2 nitrogen and oxygen atoms in total. The minimum atomic E-state index is 0.208. The molecular formula is C12H15ClO2. The molecule has 0 aromatic heterocycles. The summed E-state index contributed by atoms with van der Waals surface area (Å²) in [5, 5.41) is 0.670. The normalized spacial score (nSPS) is 18.3. The van der Waals surface area contributed by atoms with E-state index in [1.807, 2.05) is 24.3 Å². The Hall–Kier alpha value is -0.730. The number of ether oxygens (including phenoxy) is 2. The highest BCUT2D eigenvalue weighted by Crippen LogP contribution is 2.33. The summed E-state index contributed by atoms with van der Waals surface area (Å²) in [7, 11) is 0. The molecule has 1 aromatic rings. The fourth-order valence-electron chi connectivity index (χ4n) is 1.57. The number of hydrogen-bond donors (Lipinski definition) is 0. The first kappa shape index (κ1) is 10.8. The van der Waals surface area contributed by atoms with Gasteiger partial charge >= 0.3 is 0 Å². The lowest BCUT2D eigenvalue weighted by Crippen LogP contribution is -2.46. The molecule has 0 radical (unpaired) electrons. The van der Waals surface area contributed by atoms with Crippen LogP contribution >= 0.6 is 11.6 Å². The van der Waals surface area contributed by atoms with Gasteiger partial charge in [-0.1, -0.05) is 30.7 Å². The number of rotatable bonds is 4. The molecular weight excluding hydrogens is 212 g/mol. The Morgan fingerprint density at radius 3 is 2.67 bits per heavy atom. The van der Waals surface area contributed by atoms with Crippen molar-refractivity contribution in [3.8, 4) is 5.75 Å². The second-order valence-electron chi connectivity index (χ2n) is 4.07. The molecule has 1 heterocycles. The van der Waals surface area contributed by atoms with Crippen molar-refractivity contribution in [1.82, 2.24) is 0 Å². The smallest absolute Gasteiger partial charge is 0.137 e. The summed E-state index contributed by atoms with van der Waals surface area (Å²) < 4.78 is 11.0. The van der Waals surface area contributed by atoms with Crippen LogP contribution in [0, 0.1) is 5.41 Å². The zero-order valence-electron chi connectivity index (χ0n) is 8.83. The van der Waals surface area contributed by atoms with E-state index in [0.29, 0.717) is 11.6 Å². The SMILES string of the molecule is CCC1(COc2ccccc2Cl)COC1. The third-order valence-corrected chi connectivity index (χ3v) is 3.25. The van der Waals surface area contributed by atoms with Crippen molar-refractivity contribution >= 4 is 11.6 Å². The molecule has 0 bridgehead atoms. The summed E-state index contributed by atoms with van der Waals surface area (Å²) in [6.07, 6.45) is 1.08. The molecule has 1 saturated heterocycles. The second kappa shape index (κ2) is 4.42. The van der Waals surface area contributed by atoms with Gasteiger partial charge in [-0.3, -0.25) is 0 Å². The lowest BCUT2D eigenvalue weighted by Gasteiger charge is -2.40. The van der Waals surface area contributed by atoms with Crippen molar-refractivity contribution in [1.29, 1.82) is 0 Å². The van der Waals surface area contributed by atoms with Crippen LogP contribution in [-0.2, 0) is 4.74 Å². The molecule has 1 fully saturated rings. The van der Waals surface area contributed by atoms with Gasteiger partial charge < -0.3 is 9.47 Å². The molecule has 0 amide bonds. The van der Waals surface area contributed by atoms with Gasteiger partial charge in [0.1, 0.15) is 5.75 Å². The highest BCUT2D eigenvalue weighted by Gasteiger charge is 2.37. The molecule has 1 aromatic carbocycles. The van der Waals surface area contributed by atoms with E-state index in [2.05, 4.69) is 6.92 Å². The molecule has 0 N–H and O–H groups in total. The molecule has 1 aliphatic rings. The Morgan fingerprint density at radius 1 is 1.40 bits per heavy atom. The third kappa shape index (κ3) is 2.27. The van der Waals surface area contributed by atoms with Crippen LogP contribution in [0.25, 0.3) is 0 Å². The minimum absolute atomic E-state index is 0.208. The van der Waals surface area contributed by atoms with Gasteiger partial charge in [-0.15, -0.1) is 0 Å². The van der Waals surface area contributed by atoms with E-state index in [9.17, 15) is 0 Å². The van der Waals surface area contributed by atoms with Crippen molar-refractivity contribution in [3.05, 3.63) is 29.3 Å². The zero-order valence-corrected chi connectivity index (χ0v) is 9.59. The Kier molecular flexibility index (Phi) is 3.17. The largest absolute Gasteiger partial charge is 0.491 e. The summed E-state index contributed by atoms with van der Waals surface area (Å²) in [6.45, 7) is 4.45. The molecule has 0 saturated carbocycles. The van der Waals surface area contributed by atoms with Crippen molar-refractivity contribution in [2.75, 3.05) is 19.8 Å². The first-order valence-corrected chi connectivity index (χ1v) is 5.59. The number of hydrogen-bond acceptors (Lipinski definition) is 2. The highest BCUT2D eigenvalue weighted by atomic mass is 35.5. The summed E-state index contributed by atoms with van der Waals surface area (Å²) >= 11 is 6.00. The van der Waals surface area contributed by atoms with Crippen LogP contribution in [-0.4, -0.2) is 19.8 Å². The average Bonchev–Trinajstić information content (AvgIpc) is 2.19. The van der Waals surface area contributed by atoms with Gasteiger partial charge in [-0.2, -0.15) is 0 Å². The molecule has 15 heavy (non-hydrogen) atoms. The van der Waals surface area contributed by atoms with Crippen molar-refractivity contribution < 1.29 is 9.47 Å². The monoisotopic (exact) mass is 226 g/mol. The molecule has 0 aliphatic carbocycles. The quantitative estimate of drug-likeness (QED) is 0.785. The van der Waals surface area contributed by atoms with Gasteiger partial charge in [-0.05, 0) is 18.6 Å². The van der Waals surface area contributed by atoms with E-state index in [4.69, 9.17) is 21.1 Å². The van der Waals surface area contributed by atoms with Crippen LogP contribution in [0.1, 0.15) is 13.3 Å². The van der Waals surface area contributed by atoms with Crippen LogP contribution in [0.4, 0.5) is 0 Å². The lowest BCUT2D eigenvalue weighted by atomic mass is 9.84. The summed E-state index contributed by atoms with van der Waals surface area (Å²) in [6, 6.07) is 7.56. The predicted octanol–water partition coefficient (Wildman–Crippen LogP) is 3.15. The van der Waals surface area contributed by atoms with E-state index in [0.717, 1.165) is 25.4 Å². The minimum Gasteiger partial charge on any atom is -0.491 e. The topological polar surface area (TPSA) is 18.5 Å². The highest BCUT2D eigenvalue weighted by molar-refractivity contribution is 6.32. The Bertz CT molecular complexity index is 329. The maximum absolute atomic E-state index is 6.00. The number of halogens is 1. The van der Waals surface area contributed by atoms with Crippen molar-refractivity contribution in [2.24, 2.45) is 5.41 Å². The average molecular weight is 227 g/mol. The van der Waals surface area contributed by atoms with Crippen molar-refractivity contribution in [3.63, 3.8) is 0 Å². The molecule has 82 valence electrons. The molecule has 3 heteroatoms. The van der Waals surface area contributed by atoms with Crippen LogP contribution in [0.3, 0.4) is 0 Å². The second-order valence-corrected chi connectivity index (χ2v) is 4.47. The van der Waals surface area contributed by atoms with E-state index >= 15 is 0 Å². The van der Waals surface area contributed by atoms with E-state index in [-0.39, 0.29) is 5.41 Å². The Balaban J connectivity index is 1.95. The lowest BCUT2D eigenvalue weighted by molar-refractivity contribution is -0.133. The maximum Gasteiger partial charge on any atom is 0.137 e. The van der Waals surface area contributed by atoms with Gasteiger partial charge in [0.05, 0.1) is 30.3 Å². The summed E-state index contributed by atoms with van der Waals surface area (Å²) in [5.74, 6) is 0.763. The molecule has 1 aliphatic heterocycles. The predicted molar refractivity (Wildman–Crippen MR) is 60.5 cm³/mol. The van der Waals surface area contributed by atoms with Crippen LogP contribution in [0.2, 0.25) is 5.02 Å². The van der Waals surface area contributed by atoms with Gasteiger partial charge in [0, 0.05) is 0 Å². The third-order valence-electron chi connectivity index (χ3n) is 2.94. The van der Waals surface area contributed by atoms with Gasteiger partial charge in [0.15, 0.2) is 0 Å². The standard InChI is InChI=1S/C12H15ClO2/c1-2-12(7-14-8-12)9-15-11-6-4-3-5-10(11)13/h3-6H,2,7-9H2,1H3. The van der Waals surface area contributed by atoms with Gasteiger partial charge in [-0.25, -0.2) is 0 Å². The van der Waals surface area contributed by atoms with E-state index < -0.39 is 0 Å². The van der Waals surface area contributed by atoms with Gasteiger partial charge in [0.25, 0.3) is 0 Å². The van der Waals surface area contributed by atoms with Crippen molar-refractivity contribution in [2.45, 2.75) is 13.3 Å². The van der Waals surface area contributed by atoms with Crippen LogP contribution in [0.15, 0.2) is 24.3 Å². The molecule has 2 rings (SSSR count). The zero-order chi connectivity index (χ0) is 10.7. The van der Waals surface area contributed by atoms with E-state index in [1.54, 1.807) is 0 Å². The molecule has 0 unspecified atom stereocenters. The molecule has 0 atom stereocenters. The maximum atomic E-state index is 6.00. The number of benzene rings is 1. The van der Waals surface area contributed by atoms with Crippen LogP contribution in [0.5, 0.6) is 5.75 Å².